The van der Waals surface area contributed by atoms with Gasteiger partial charge in [0.25, 0.3) is 0 Å². The number of benzene rings is 6. The van der Waals surface area contributed by atoms with Crippen LogP contribution in [0.3, 0.4) is 0 Å². The number of para-hydroxylation sites is 9. The molecule has 2 aromatic heterocycles. The Hall–Kier alpha value is -6.86. The Morgan fingerprint density at radius 2 is 0.918 bits per heavy atom. The zero-order valence-corrected chi connectivity index (χ0v) is 26.1. The number of ether oxygens (including phenoxy) is 2. The number of anilines is 6. The first kappa shape index (κ1) is 27.3. The minimum absolute atomic E-state index is 0.790. The van der Waals surface area contributed by atoms with E-state index in [1.165, 1.54) is 0 Å². The summed E-state index contributed by atoms with van der Waals surface area (Å²) in [7, 11) is 0. The minimum Gasteiger partial charge on any atom is -0.453 e. The van der Waals surface area contributed by atoms with Crippen LogP contribution in [0.4, 0.5) is 34.1 Å². The topological polar surface area (TPSA) is 55.7 Å². The second-order valence-electron chi connectivity index (χ2n) is 12.0. The van der Waals surface area contributed by atoms with Crippen molar-refractivity contribution in [2.45, 2.75) is 0 Å². The maximum atomic E-state index is 6.41. The summed E-state index contributed by atoms with van der Waals surface area (Å²) in [4.78, 5) is 14.3. The van der Waals surface area contributed by atoms with E-state index in [2.05, 4.69) is 73.9 Å². The maximum Gasteiger partial charge on any atom is 0.151 e. The summed E-state index contributed by atoms with van der Waals surface area (Å²) in [5.41, 5.74) is 9.47. The molecule has 7 heteroatoms. The van der Waals surface area contributed by atoms with Crippen LogP contribution in [0.5, 0.6) is 23.0 Å². The van der Waals surface area contributed by atoms with Crippen LogP contribution in [-0.2, 0) is 0 Å². The van der Waals surface area contributed by atoms with Gasteiger partial charge >= 0.3 is 0 Å². The summed E-state index contributed by atoms with van der Waals surface area (Å²) in [6.45, 7) is 0. The Morgan fingerprint density at radius 3 is 1.43 bits per heavy atom. The van der Waals surface area contributed by atoms with E-state index in [1.54, 1.807) is 6.20 Å². The number of pyridine rings is 1. The highest BCUT2D eigenvalue weighted by atomic mass is 16.5. The number of rotatable bonds is 4. The van der Waals surface area contributed by atoms with Crippen LogP contribution in [0.15, 0.2) is 164 Å². The van der Waals surface area contributed by atoms with Crippen molar-refractivity contribution in [3.8, 4) is 40.1 Å². The van der Waals surface area contributed by atoms with Crippen molar-refractivity contribution in [1.29, 1.82) is 0 Å². The van der Waals surface area contributed by atoms with Gasteiger partial charge in [-0.3, -0.25) is 9.55 Å². The third-order valence-electron chi connectivity index (χ3n) is 9.01. The summed E-state index contributed by atoms with van der Waals surface area (Å²) in [5, 5.41) is 0. The van der Waals surface area contributed by atoms with Gasteiger partial charge in [0.1, 0.15) is 5.82 Å². The molecular weight excluding hydrogens is 606 g/mol. The molecule has 232 valence electrons. The predicted octanol–water partition coefficient (Wildman–Crippen LogP) is 11.2. The van der Waals surface area contributed by atoms with Gasteiger partial charge in [-0.2, -0.15) is 0 Å². The van der Waals surface area contributed by atoms with Gasteiger partial charge in [0.05, 0.1) is 40.0 Å². The van der Waals surface area contributed by atoms with E-state index in [-0.39, 0.29) is 0 Å². The molecule has 0 bridgehead atoms. The minimum atomic E-state index is 0.790. The Morgan fingerprint density at radius 1 is 0.449 bits per heavy atom. The SMILES string of the molecule is c1ccc(-n2c(-c3cc(N4c5ccccc5Oc5ccccc54)cc(N4c5ccccc5Oc5ccccc54)c3)nc3ccncc32)cc1. The van der Waals surface area contributed by atoms with E-state index in [0.29, 0.717) is 0 Å². The van der Waals surface area contributed by atoms with Crippen LogP contribution in [0.1, 0.15) is 0 Å². The van der Waals surface area contributed by atoms with E-state index in [9.17, 15) is 0 Å². The Balaban J connectivity index is 1.29. The second kappa shape index (κ2) is 10.9. The normalized spacial score (nSPS) is 12.7. The zero-order chi connectivity index (χ0) is 32.3. The largest absolute Gasteiger partial charge is 0.453 e. The summed E-state index contributed by atoms with van der Waals surface area (Å²) in [6, 6.07) is 51.6. The zero-order valence-electron chi connectivity index (χ0n) is 26.1. The molecule has 0 fully saturated rings. The third-order valence-corrected chi connectivity index (χ3v) is 9.01. The molecule has 49 heavy (non-hydrogen) atoms. The first-order valence-corrected chi connectivity index (χ1v) is 16.2. The highest BCUT2D eigenvalue weighted by Gasteiger charge is 2.30. The van der Waals surface area contributed by atoms with Crippen molar-refractivity contribution in [2.75, 3.05) is 9.80 Å². The van der Waals surface area contributed by atoms with Crippen molar-refractivity contribution < 1.29 is 9.47 Å². The predicted molar refractivity (Wildman–Crippen MR) is 194 cm³/mol. The summed E-state index contributed by atoms with van der Waals surface area (Å²) in [5.74, 6) is 3.97. The molecule has 2 aliphatic rings. The molecule has 0 aliphatic carbocycles. The molecule has 0 amide bonds. The number of imidazole rings is 1. The van der Waals surface area contributed by atoms with E-state index in [0.717, 1.165) is 85.2 Å². The molecule has 0 N–H and O–H groups in total. The Bertz CT molecular complexity index is 2340. The van der Waals surface area contributed by atoms with Crippen molar-refractivity contribution >= 4 is 45.2 Å². The van der Waals surface area contributed by atoms with Gasteiger partial charge in [-0.1, -0.05) is 66.7 Å². The van der Waals surface area contributed by atoms with Crippen LogP contribution in [0.2, 0.25) is 0 Å². The summed E-state index contributed by atoms with van der Waals surface area (Å²) >= 11 is 0. The van der Waals surface area contributed by atoms with Gasteiger partial charge in [0.15, 0.2) is 23.0 Å². The standard InChI is InChI=1S/C42H27N5O2/c1-2-12-29(13-3-1)47-37-27-43-23-22-32(37)44-42(47)28-24-30(45-33-14-4-8-18-38(33)48-39-19-9-5-15-34(39)45)26-31(25-28)46-35-16-6-10-20-40(35)49-41-21-11-7-17-36(41)46/h1-27H. The molecule has 2 aliphatic heterocycles. The van der Waals surface area contributed by atoms with Crippen molar-refractivity contribution in [3.05, 3.63) is 164 Å². The lowest BCUT2D eigenvalue weighted by molar-refractivity contribution is 0.477. The quantitative estimate of drug-likeness (QED) is 0.192. The van der Waals surface area contributed by atoms with Crippen molar-refractivity contribution in [3.63, 3.8) is 0 Å². The molecule has 0 saturated carbocycles. The Labute approximate surface area is 282 Å². The highest BCUT2D eigenvalue weighted by Crippen LogP contribution is 2.54. The first-order chi connectivity index (χ1) is 24.3. The van der Waals surface area contributed by atoms with E-state index < -0.39 is 0 Å². The lowest BCUT2D eigenvalue weighted by Gasteiger charge is -2.35. The van der Waals surface area contributed by atoms with E-state index in [4.69, 9.17) is 14.5 Å². The van der Waals surface area contributed by atoms with Crippen LogP contribution in [-0.4, -0.2) is 14.5 Å². The molecule has 4 heterocycles. The number of nitrogens with zero attached hydrogens (tertiary/aromatic N) is 5. The van der Waals surface area contributed by atoms with Gasteiger partial charge in [0, 0.05) is 28.8 Å². The van der Waals surface area contributed by atoms with Gasteiger partial charge in [-0.05, 0) is 84.9 Å². The molecular formula is C42H27N5O2. The van der Waals surface area contributed by atoms with Gasteiger partial charge in [-0.15, -0.1) is 0 Å². The lowest BCUT2D eigenvalue weighted by Crippen LogP contribution is -2.18. The van der Waals surface area contributed by atoms with Crippen LogP contribution >= 0.6 is 0 Å². The lowest BCUT2D eigenvalue weighted by atomic mass is 10.1. The van der Waals surface area contributed by atoms with Gasteiger partial charge in [0.2, 0.25) is 0 Å². The monoisotopic (exact) mass is 633 g/mol. The van der Waals surface area contributed by atoms with Crippen molar-refractivity contribution in [2.24, 2.45) is 0 Å². The smallest absolute Gasteiger partial charge is 0.151 e. The fraction of sp³-hybridized carbons (Fsp3) is 0. The Kier molecular flexibility index (Phi) is 6.04. The number of hydrogen-bond donors (Lipinski definition) is 0. The number of fused-ring (bicyclic) bond motifs is 5. The molecule has 10 rings (SSSR count). The molecule has 0 radical (unpaired) electrons. The van der Waals surface area contributed by atoms with Crippen LogP contribution in [0.25, 0.3) is 28.1 Å². The second-order valence-corrected chi connectivity index (χ2v) is 12.0. The third kappa shape index (κ3) is 4.37. The van der Waals surface area contributed by atoms with E-state index in [1.807, 2.05) is 103 Å². The molecule has 0 unspecified atom stereocenters. The fourth-order valence-corrected chi connectivity index (χ4v) is 6.90. The van der Waals surface area contributed by atoms with Crippen LogP contribution in [0, 0.1) is 0 Å². The number of hydrogen-bond acceptors (Lipinski definition) is 6. The average Bonchev–Trinajstić information content (AvgIpc) is 3.56. The summed E-state index contributed by atoms with van der Waals surface area (Å²) < 4.78 is 15.0. The van der Waals surface area contributed by atoms with Crippen LogP contribution < -0.4 is 19.3 Å². The summed E-state index contributed by atoms with van der Waals surface area (Å²) in [6.07, 6.45) is 3.67. The van der Waals surface area contributed by atoms with Crippen molar-refractivity contribution in [1.82, 2.24) is 14.5 Å². The fourth-order valence-electron chi connectivity index (χ4n) is 6.90. The molecule has 0 spiro atoms. The molecule has 6 aromatic carbocycles. The molecule has 0 atom stereocenters. The molecule has 7 nitrogen and oxygen atoms in total. The molecule has 0 saturated heterocycles. The number of aromatic nitrogens is 3. The van der Waals surface area contributed by atoms with E-state index >= 15 is 0 Å². The maximum absolute atomic E-state index is 6.41. The first-order valence-electron chi connectivity index (χ1n) is 16.2. The average molecular weight is 634 g/mol. The molecule has 8 aromatic rings. The van der Waals surface area contributed by atoms with Gasteiger partial charge < -0.3 is 19.3 Å². The highest BCUT2D eigenvalue weighted by molar-refractivity contribution is 5.94. The van der Waals surface area contributed by atoms with Gasteiger partial charge in [-0.25, -0.2) is 4.98 Å².